The van der Waals surface area contributed by atoms with E-state index in [0.717, 1.165) is 29.2 Å². The van der Waals surface area contributed by atoms with Crippen molar-refractivity contribution in [1.82, 2.24) is 15.0 Å². The van der Waals surface area contributed by atoms with Crippen LogP contribution in [0.25, 0.3) is 0 Å². The minimum Gasteiger partial charge on any atom is -0.363 e. The second kappa shape index (κ2) is 6.11. The zero-order valence-corrected chi connectivity index (χ0v) is 12.0. The van der Waals surface area contributed by atoms with E-state index in [-0.39, 0.29) is 0 Å². The summed E-state index contributed by atoms with van der Waals surface area (Å²) in [6, 6.07) is 0. The normalized spacial score (nSPS) is 10.6. The Morgan fingerprint density at radius 2 is 2.17 bits per heavy atom. The molecule has 0 aromatic carbocycles. The molecule has 96 valence electrons. The van der Waals surface area contributed by atoms with E-state index in [0.29, 0.717) is 11.7 Å². The SMILES string of the molecule is CCCc1c(Cl)ncnc1NCc1ncc(C)s1. The molecule has 0 saturated heterocycles. The van der Waals surface area contributed by atoms with Gasteiger partial charge in [-0.3, -0.25) is 0 Å². The topological polar surface area (TPSA) is 50.7 Å². The van der Waals surface area contributed by atoms with E-state index >= 15 is 0 Å². The van der Waals surface area contributed by atoms with Crippen molar-refractivity contribution in [1.29, 1.82) is 0 Å². The van der Waals surface area contributed by atoms with Crippen molar-refractivity contribution in [2.24, 2.45) is 0 Å². The molecule has 0 fully saturated rings. The molecule has 2 heterocycles. The largest absolute Gasteiger partial charge is 0.363 e. The van der Waals surface area contributed by atoms with E-state index < -0.39 is 0 Å². The van der Waals surface area contributed by atoms with E-state index in [2.05, 4.69) is 27.2 Å². The molecule has 18 heavy (non-hydrogen) atoms. The molecule has 1 N–H and O–H groups in total. The van der Waals surface area contributed by atoms with Crippen molar-refractivity contribution < 1.29 is 0 Å². The molecule has 0 aliphatic carbocycles. The molecule has 4 nitrogen and oxygen atoms in total. The maximum absolute atomic E-state index is 6.09. The predicted octanol–water partition coefficient (Wildman–Crippen LogP) is 3.46. The number of anilines is 1. The zero-order valence-electron chi connectivity index (χ0n) is 10.4. The summed E-state index contributed by atoms with van der Waals surface area (Å²) < 4.78 is 0. The number of nitrogens with one attached hydrogen (secondary N) is 1. The van der Waals surface area contributed by atoms with E-state index in [4.69, 9.17) is 11.6 Å². The molecular formula is C12H15ClN4S. The van der Waals surface area contributed by atoms with Crippen LogP contribution < -0.4 is 5.32 Å². The number of thiazole rings is 1. The summed E-state index contributed by atoms with van der Waals surface area (Å²) in [5, 5.41) is 4.86. The van der Waals surface area contributed by atoms with Gasteiger partial charge in [0, 0.05) is 16.6 Å². The van der Waals surface area contributed by atoms with Crippen LogP contribution in [0.2, 0.25) is 5.15 Å². The lowest BCUT2D eigenvalue weighted by atomic mass is 10.2. The van der Waals surface area contributed by atoms with Crippen LogP contribution in [0.3, 0.4) is 0 Å². The molecule has 0 aliphatic rings. The maximum Gasteiger partial charge on any atom is 0.137 e. The number of nitrogens with zero attached hydrogens (tertiary/aromatic N) is 3. The van der Waals surface area contributed by atoms with Crippen molar-refractivity contribution in [3.8, 4) is 0 Å². The minimum atomic E-state index is 0.532. The lowest BCUT2D eigenvalue weighted by Crippen LogP contribution is -2.05. The van der Waals surface area contributed by atoms with Crippen molar-refractivity contribution in [3.63, 3.8) is 0 Å². The van der Waals surface area contributed by atoms with Gasteiger partial charge in [-0.25, -0.2) is 15.0 Å². The average molecular weight is 283 g/mol. The predicted molar refractivity (Wildman–Crippen MR) is 75.2 cm³/mol. The quantitative estimate of drug-likeness (QED) is 0.853. The molecule has 0 unspecified atom stereocenters. The Morgan fingerprint density at radius 1 is 1.33 bits per heavy atom. The Hall–Kier alpha value is -1.20. The summed E-state index contributed by atoms with van der Waals surface area (Å²) in [5.74, 6) is 0.810. The first kappa shape index (κ1) is 13.2. The summed E-state index contributed by atoms with van der Waals surface area (Å²) in [6.07, 6.45) is 5.25. The molecule has 0 radical (unpaired) electrons. The van der Waals surface area contributed by atoms with E-state index in [1.54, 1.807) is 11.3 Å². The van der Waals surface area contributed by atoms with E-state index in [9.17, 15) is 0 Å². The summed E-state index contributed by atoms with van der Waals surface area (Å²) in [5.41, 5.74) is 0.981. The minimum absolute atomic E-state index is 0.532. The Bertz CT molecular complexity index is 527. The summed E-state index contributed by atoms with van der Waals surface area (Å²) in [6.45, 7) is 4.82. The van der Waals surface area contributed by atoms with Gasteiger partial charge in [0.25, 0.3) is 0 Å². The van der Waals surface area contributed by atoms with Crippen molar-refractivity contribution in [2.75, 3.05) is 5.32 Å². The molecule has 2 aromatic rings. The molecule has 6 heteroatoms. The summed E-state index contributed by atoms with van der Waals surface area (Å²) >= 11 is 7.77. The van der Waals surface area contributed by atoms with Gasteiger partial charge in [-0.1, -0.05) is 24.9 Å². The zero-order chi connectivity index (χ0) is 13.0. The average Bonchev–Trinajstić information content (AvgIpc) is 2.76. The highest BCUT2D eigenvalue weighted by Crippen LogP contribution is 2.22. The Labute approximate surface area is 115 Å². The second-order valence-electron chi connectivity index (χ2n) is 3.96. The van der Waals surface area contributed by atoms with Gasteiger partial charge in [0.1, 0.15) is 22.3 Å². The van der Waals surface area contributed by atoms with E-state index in [1.807, 2.05) is 13.1 Å². The summed E-state index contributed by atoms with van der Waals surface area (Å²) in [4.78, 5) is 13.8. The fraction of sp³-hybridized carbons (Fsp3) is 0.417. The number of hydrogen-bond acceptors (Lipinski definition) is 5. The van der Waals surface area contributed by atoms with Gasteiger partial charge >= 0.3 is 0 Å². The fourth-order valence-corrected chi connectivity index (χ4v) is 2.61. The van der Waals surface area contributed by atoms with Crippen LogP contribution >= 0.6 is 22.9 Å². The number of hydrogen-bond donors (Lipinski definition) is 1. The second-order valence-corrected chi connectivity index (χ2v) is 5.64. The van der Waals surface area contributed by atoms with Gasteiger partial charge < -0.3 is 5.32 Å². The van der Waals surface area contributed by atoms with Crippen LogP contribution in [0.5, 0.6) is 0 Å². The smallest absolute Gasteiger partial charge is 0.137 e. The standard InChI is InChI=1S/C12H15ClN4S/c1-3-4-9-11(13)16-7-17-12(9)15-6-10-14-5-8(2)18-10/h5,7H,3-4,6H2,1-2H3,(H,15,16,17). The van der Waals surface area contributed by atoms with Crippen LogP contribution in [-0.4, -0.2) is 15.0 Å². The molecule has 0 atom stereocenters. The monoisotopic (exact) mass is 282 g/mol. The van der Waals surface area contributed by atoms with Gasteiger partial charge in [-0.15, -0.1) is 11.3 Å². The first-order valence-corrected chi connectivity index (χ1v) is 7.04. The van der Waals surface area contributed by atoms with Gasteiger partial charge in [0.05, 0.1) is 6.54 Å². The molecule has 2 rings (SSSR count). The lowest BCUT2D eigenvalue weighted by molar-refractivity contribution is 0.896. The van der Waals surface area contributed by atoms with Crippen LogP contribution in [0.1, 0.15) is 28.8 Å². The van der Waals surface area contributed by atoms with Gasteiger partial charge in [0.15, 0.2) is 0 Å². The molecule has 2 aromatic heterocycles. The Morgan fingerprint density at radius 3 is 2.83 bits per heavy atom. The first-order chi connectivity index (χ1) is 8.70. The van der Waals surface area contributed by atoms with Gasteiger partial charge in [-0.2, -0.15) is 0 Å². The highest BCUT2D eigenvalue weighted by atomic mass is 35.5. The van der Waals surface area contributed by atoms with Gasteiger partial charge in [0.2, 0.25) is 0 Å². The number of aromatic nitrogens is 3. The van der Waals surface area contributed by atoms with Crippen LogP contribution in [0, 0.1) is 6.92 Å². The fourth-order valence-electron chi connectivity index (χ4n) is 1.66. The van der Waals surface area contributed by atoms with Crippen molar-refractivity contribution in [3.05, 3.63) is 33.1 Å². The van der Waals surface area contributed by atoms with Gasteiger partial charge in [-0.05, 0) is 13.3 Å². The Balaban J connectivity index is 2.11. The molecular weight excluding hydrogens is 268 g/mol. The van der Waals surface area contributed by atoms with Crippen molar-refractivity contribution >= 4 is 28.8 Å². The maximum atomic E-state index is 6.09. The third-order valence-corrected chi connectivity index (χ3v) is 3.71. The highest BCUT2D eigenvalue weighted by Gasteiger charge is 2.09. The lowest BCUT2D eigenvalue weighted by Gasteiger charge is -2.09. The number of rotatable bonds is 5. The molecule has 0 saturated carbocycles. The third kappa shape index (κ3) is 3.17. The van der Waals surface area contributed by atoms with Crippen LogP contribution in [-0.2, 0) is 13.0 Å². The Kier molecular flexibility index (Phi) is 4.49. The van der Waals surface area contributed by atoms with E-state index in [1.165, 1.54) is 11.2 Å². The van der Waals surface area contributed by atoms with Crippen LogP contribution in [0.4, 0.5) is 5.82 Å². The molecule has 0 aliphatic heterocycles. The molecule has 0 bridgehead atoms. The number of aryl methyl sites for hydroxylation is 1. The third-order valence-electron chi connectivity index (χ3n) is 2.47. The number of halogens is 1. The molecule has 0 spiro atoms. The highest BCUT2D eigenvalue weighted by molar-refractivity contribution is 7.11. The summed E-state index contributed by atoms with van der Waals surface area (Å²) in [7, 11) is 0. The van der Waals surface area contributed by atoms with Crippen LogP contribution in [0.15, 0.2) is 12.5 Å². The molecule has 0 amide bonds. The first-order valence-electron chi connectivity index (χ1n) is 5.85. The van der Waals surface area contributed by atoms with Crippen molar-refractivity contribution in [2.45, 2.75) is 33.2 Å².